The van der Waals surface area contributed by atoms with Crippen LogP contribution >= 0.6 is 11.6 Å². The number of aryl methyl sites for hydroxylation is 1. The summed E-state index contributed by atoms with van der Waals surface area (Å²) in [6.07, 6.45) is 1.49. The minimum Gasteiger partial charge on any atom is -0.459 e. The normalized spacial score (nSPS) is 10.1. The minimum atomic E-state index is -0.259. The summed E-state index contributed by atoms with van der Waals surface area (Å²) in [5.74, 6) is 0.0692. The maximum Gasteiger partial charge on any atom is 0.291 e. The van der Waals surface area contributed by atoms with Crippen molar-refractivity contribution in [3.8, 4) is 0 Å². The number of furan rings is 1. The van der Waals surface area contributed by atoms with E-state index in [0.717, 1.165) is 5.56 Å². The summed E-state index contributed by atoms with van der Waals surface area (Å²) in [5.41, 5.74) is 1.50. The third kappa shape index (κ3) is 2.25. The van der Waals surface area contributed by atoms with Gasteiger partial charge in [-0.25, -0.2) is 0 Å². The molecule has 0 aliphatic carbocycles. The van der Waals surface area contributed by atoms with E-state index in [9.17, 15) is 4.79 Å². The molecule has 0 aliphatic heterocycles. The van der Waals surface area contributed by atoms with Gasteiger partial charge in [-0.05, 0) is 37.3 Å². The zero-order chi connectivity index (χ0) is 11.5. The molecule has 0 radical (unpaired) electrons. The van der Waals surface area contributed by atoms with Crippen molar-refractivity contribution in [2.75, 3.05) is 5.32 Å². The van der Waals surface area contributed by atoms with Gasteiger partial charge in [-0.15, -0.1) is 0 Å². The van der Waals surface area contributed by atoms with Gasteiger partial charge in [0.1, 0.15) is 0 Å². The minimum absolute atomic E-state index is 0.259. The van der Waals surface area contributed by atoms with Crippen LogP contribution in [0.1, 0.15) is 16.1 Å². The Morgan fingerprint density at radius 2 is 1.94 bits per heavy atom. The lowest BCUT2D eigenvalue weighted by Gasteiger charge is -2.03. The summed E-state index contributed by atoms with van der Waals surface area (Å²) < 4.78 is 5.08. The van der Waals surface area contributed by atoms with Crippen LogP contribution in [0.3, 0.4) is 0 Å². The smallest absolute Gasteiger partial charge is 0.291 e. The van der Waals surface area contributed by atoms with E-state index in [4.69, 9.17) is 16.0 Å². The van der Waals surface area contributed by atoms with Crippen LogP contribution in [0.2, 0.25) is 5.02 Å². The van der Waals surface area contributed by atoms with Crippen LogP contribution in [0.5, 0.6) is 0 Å². The maximum absolute atomic E-state index is 11.7. The Morgan fingerprint density at radius 1 is 1.25 bits per heavy atom. The van der Waals surface area contributed by atoms with Crippen molar-refractivity contribution in [3.63, 3.8) is 0 Å². The molecular formula is C12H10ClNO2. The van der Waals surface area contributed by atoms with Gasteiger partial charge in [-0.2, -0.15) is 0 Å². The monoisotopic (exact) mass is 235 g/mol. The van der Waals surface area contributed by atoms with Crippen molar-refractivity contribution >= 4 is 23.2 Å². The maximum atomic E-state index is 11.7. The van der Waals surface area contributed by atoms with E-state index in [0.29, 0.717) is 16.5 Å². The molecule has 2 rings (SSSR count). The number of hydrogen-bond acceptors (Lipinski definition) is 2. The molecule has 0 bridgehead atoms. The molecule has 0 fully saturated rings. The molecule has 1 amide bonds. The number of hydrogen-bond donors (Lipinski definition) is 1. The van der Waals surface area contributed by atoms with Crippen molar-refractivity contribution in [1.82, 2.24) is 0 Å². The summed E-state index contributed by atoms with van der Waals surface area (Å²) in [6.45, 7) is 1.82. The lowest BCUT2D eigenvalue weighted by Crippen LogP contribution is -2.11. The van der Waals surface area contributed by atoms with Crippen LogP contribution in [-0.4, -0.2) is 5.91 Å². The molecule has 0 spiro atoms. The van der Waals surface area contributed by atoms with E-state index in [1.54, 1.807) is 30.3 Å². The molecule has 1 aromatic heterocycles. The van der Waals surface area contributed by atoms with Crippen LogP contribution in [0.4, 0.5) is 5.69 Å². The highest BCUT2D eigenvalue weighted by atomic mass is 35.5. The molecule has 82 valence electrons. The molecule has 4 heteroatoms. The molecule has 0 unspecified atom stereocenters. The number of rotatable bonds is 2. The Kier molecular flexibility index (Phi) is 2.97. The molecule has 2 aromatic rings. The molecule has 3 nitrogen and oxygen atoms in total. The van der Waals surface area contributed by atoms with Crippen LogP contribution in [0.15, 0.2) is 41.0 Å². The largest absolute Gasteiger partial charge is 0.459 e. The molecule has 0 atom stereocenters. The Labute approximate surface area is 98.0 Å². The molecule has 1 aromatic carbocycles. The lowest BCUT2D eigenvalue weighted by atomic mass is 10.2. The average molecular weight is 236 g/mol. The quantitative estimate of drug-likeness (QED) is 0.866. The van der Waals surface area contributed by atoms with E-state index in [2.05, 4.69) is 5.32 Å². The van der Waals surface area contributed by atoms with Crippen LogP contribution in [-0.2, 0) is 0 Å². The third-order valence-electron chi connectivity index (χ3n) is 2.17. The molecule has 0 saturated heterocycles. The summed E-state index contributed by atoms with van der Waals surface area (Å²) in [7, 11) is 0. The second-order valence-corrected chi connectivity index (χ2v) is 3.83. The summed E-state index contributed by atoms with van der Waals surface area (Å²) in [5, 5.41) is 3.35. The summed E-state index contributed by atoms with van der Waals surface area (Å²) in [4.78, 5) is 11.7. The molecule has 16 heavy (non-hydrogen) atoms. The van der Waals surface area contributed by atoms with Gasteiger partial charge in [0.2, 0.25) is 0 Å². The van der Waals surface area contributed by atoms with Crippen molar-refractivity contribution in [2.24, 2.45) is 0 Å². The topological polar surface area (TPSA) is 42.2 Å². The molecule has 0 aliphatic rings. The van der Waals surface area contributed by atoms with Crippen molar-refractivity contribution in [1.29, 1.82) is 0 Å². The van der Waals surface area contributed by atoms with Crippen molar-refractivity contribution < 1.29 is 9.21 Å². The Morgan fingerprint density at radius 3 is 2.50 bits per heavy atom. The van der Waals surface area contributed by atoms with Gasteiger partial charge in [0.05, 0.1) is 6.26 Å². The van der Waals surface area contributed by atoms with Gasteiger partial charge in [-0.3, -0.25) is 4.79 Å². The Hall–Kier alpha value is -1.74. The van der Waals surface area contributed by atoms with Crippen LogP contribution in [0, 0.1) is 6.92 Å². The van der Waals surface area contributed by atoms with Crippen LogP contribution in [0.25, 0.3) is 0 Å². The van der Waals surface area contributed by atoms with E-state index < -0.39 is 0 Å². The number of benzene rings is 1. The van der Waals surface area contributed by atoms with Gasteiger partial charge in [0.25, 0.3) is 5.91 Å². The average Bonchev–Trinajstić information content (AvgIpc) is 2.68. The van der Waals surface area contributed by atoms with Gasteiger partial charge in [0, 0.05) is 16.3 Å². The summed E-state index contributed by atoms with van der Waals surface area (Å²) in [6, 6.07) is 8.64. The zero-order valence-corrected chi connectivity index (χ0v) is 9.41. The second-order valence-electron chi connectivity index (χ2n) is 3.39. The number of amides is 1. The number of carbonyl (C=O) groups is 1. The molecule has 1 heterocycles. The van der Waals surface area contributed by atoms with Crippen LogP contribution < -0.4 is 5.32 Å². The number of carbonyl (C=O) groups excluding carboxylic acids is 1. The highest BCUT2D eigenvalue weighted by molar-refractivity contribution is 6.30. The predicted octanol–water partition coefficient (Wildman–Crippen LogP) is 3.49. The fraction of sp³-hybridized carbons (Fsp3) is 0.0833. The van der Waals surface area contributed by atoms with E-state index >= 15 is 0 Å². The SMILES string of the molecule is Cc1ccoc1C(=O)Nc1ccc(Cl)cc1. The van der Waals surface area contributed by atoms with Gasteiger partial charge in [-0.1, -0.05) is 11.6 Å². The first-order valence-electron chi connectivity index (χ1n) is 4.78. The molecule has 1 N–H and O–H groups in total. The van der Waals surface area contributed by atoms with Gasteiger partial charge >= 0.3 is 0 Å². The highest BCUT2D eigenvalue weighted by Gasteiger charge is 2.12. The fourth-order valence-electron chi connectivity index (χ4n) is 1.33. The Balaban J connectivity index is 2.14. The van der Waals surface area contributed by atoms with Crippen molar-refractivity contribution in [2.45, 2.75) is 6.92 Å². The third-order valence-corrected chi connectivity index (χ3v) is 2.42. The fourth-order valence-corrected chi connectivity index (χ4v) is 1.45. The van der Waals surface area contributed by atoms with E-state index in [1.807, 2.05) is 6.92 Å². The number of halogens is 1. The highest BCUT2D eigenvalue weighted by Crippen LogP contribution is 2.16. The predicted molar refractivity (Wildman–Crippen MR) is 62.9 cm³/mol. The Bertz CT molecular complexity index is 502. The molecular weight excluding hydrogens is 226 g/mol. The first-order valence-corrected chi connectivity index (χ1v) is 5.15. The first kappa shape index (κ1) is 10.8. The first-order chi connectivity index (χ1) is 7.66. The van der Waals surface area contributed by atoms with Gasteiger partial charge < -0.3 is 9.73 Å². The van der Waals surface area contributed by atoms with Gasteiger partial charge in [0.15, 0.2) is 5.76 Å². The standard InChI is InChI=1S/C12H10ClNO2/c1-8-6-7-16-11(8)12(15)14-10-4-2-9(13)3-5-10/h2-7H,1H3,(H,14,15). The zero-order valence-electron chi connectivity index (χ0n) is 8.66. The van der Waals surface area contributed by atoms with Crippen molar-refractivity contribution in [3.05, 3.63) is 52.9 Å². The molecule has 0 saturated carbocycles. The number of anilines is 1. The second kappa shape index (κ2) is 4.41. The summed E-state index contributed by atoms with van der Waals surface area (Å²) >= 11 is 5.74. The number of nitrogens with one attached hydrogen (secondary N) is 1. The van der Waals surface area contributed by atoms with E-state index in [-0.39, 0.29) is 5.91 Å². The lowest BCUT2D eigenvalue weighted by molar-refractivity contribution is 0.0996. The van der Waals surface area contributed by atoms with E-state index in [1.165, 1.54) is 6.26 Å².